The third-order valence-corrected chi connectivity index (χ3v) is 3.44. The number of rotatable bonds is 4. The number of primary amides is 1. The Morgan fingerprint density at radius 3 is 2.92 bits per heavy atom. The molecule has 1 rings (SSSR count). The van der Waals surface area contributed by atoms with Crippen molar-refractivity contribution in [3.63, 3.8) is 0 Å². The van der Waals surface area contributed by atoms with Gasteiger partial charge in [-0.3, -0.25) is 9.69 Å². The number of carbonyl (C=O) groups excluding carboxylic acids is 1. The summed E-state index contributed by atoms with van der Waals surface area (Å²) >= 11 is 5.09. The second-order valence-electron chi connectivity index (χ2n) is 2.83. The lowest BCUT2D eigenvalue weighted by atomic mass is 10.4. The third-order valence-electron chi connectivity index (χ3n) is 1.53. The van der Waals surface area contributed by atoms with Crippen molar-refractivity contribution in [3.8, 4) is 0 Å². The van der Waals surface area contributed by atoms with E-state index in [0.717, 1.165) is 11.0 Å². The van der Waals surface area contributed by atoms with Crippen LogP contribution in [0.4, 0.5) is 0 Å². The van der Waals surface area contributed by atoms with Crippen molar-refractivity contribution in [2.75, 3.05) is 13.6 Å². The molecule has 1 heterocycles. The molecule has 2 N–H and O–H groups in total. The molecular formula is C8H11BrN2OS. The van der Waals surface area contributed by atoms with Crippen molar-refractivity contribution in [1.82, 2.24) is 4.90 Å². The molecule has 0 atom stereocenters. The fourth-order valence-corrected chi connectivity index (χ4v) is 2.56. The number of nitrogens with two attached hydrogens (primary N) is 1. The lowest BCUT2D eigenvalue weighted by Gasteiger charge is -2.13. The SMILES string of the molecule is CN(CC(N)=O)Cc1sccc1Br. The molecule has 1 aromatic rings. The second kappa shape index (κ2) is 4.74. The van der Waals surface area contributed by atoms with Crippen LogP contribution >= 0.6 is 27.3 Å². The predicted octanol–water partition coefficient (Wildman–Crippen LogP) is 1.43. The smallest absolute Gasteiger partial charge is 0.231 e. The first-order chi connectivity index (χ1) is 6.09. The zero-order valence-corrected chi connectivity index (χ0v) is 9.69. The van der Waals surface area contributed by atoms with Crippen LogP contribution in [0.5, 0.6) is 0 Å². The van der Waals surface area contributed by atoms with Gasteiger partial charge in [0.25, 0.3) is 0 Å². The van der Waals surface area contributed by atoms with E-state index in [-0.39, 0.29) is 5.91 Å². The molecule has 13 heavy (non-hydrogen) atoms. The molecule has 0 fully saturated rings. The van der Waals surface area contributed by atoms with Crippen LogP contribution in [0.25, 0.3) is 0 Å². The van der Waals surface area contributed by atoms with Gasteiger partial charge in [-0.25, -0.2) is 0 Å². The third kappa shape index (κ3) is 3.46. The van der Waals surface area contributed by atoms with E-state index in [4.69, 9.17) is 5.73 Å². The molecule has 5 heteroatoms. The van der Waals surface area contributed by atoms with Gasteiger partial charge >= 0.3 is 0 Å². The van der Waals surface area contributed by atoms with Gasteiger partial charge in [0.1, 0.15) is 0 Å². The molecule has 0 unspecified atom stereocenters. The maximum atomic E-state index is 10.6. The number of likely N-dealkylation sites (N-methyl/N-ethyl adjacent to an activating group) is 1. The van der Waals surface area contributed by atoms with E-state index in [2.05, 4.69) is 15.9 Å². The van der Waals surface area contributed by atoms with Crippen LogP contribution in [0.1, 0.15) is 4.88 Å². The van der Waals surface area contributed by atoms with Crippen LogP contribution in [0.3, 0.4) is 0 Å². The van der Waals surface area contributed by atoms with Gasteiger partial charge in [0.15, 0.2) is 0 Å². The summed E-state index contributed by atoms with van der Waals surface area (Å²) in [6, 6.07) is 2.00. The molecule has 0 aromatic carbocycles. The normalized spacial score (nSPS) is 10.7. The van der Waals surface area contributed by atoms with Crippen molar-refractivity contribution in [2.24, 2.45) is 5.73 Å². The quantitative estimate of drug-likeness (QED) is 0.893. The summed E-state index contributed by atoms with van der Waals surface area (Å²) < 4.78 is 1.09. The number of carbonyl (C=O) groups is 1. The predicted molar refractivity (Wildman–Crippen MR) is 57.5 cm³/mol. The highest BCUT2D eigenvalue weighted by Gasteiger charge is 2.06. The average Bonchev–Trinajstić information content (AvgIpc) is 2.34. The topological polar surface area (TPSA) is 46.3 Å². The van der Waals surface area contributed by atoms with Gasteiger partial charge < -0.3 is 5.73 Å². The maximum absolute atomic E-state index is 10.6. The van der Waals surface area contributed by atoms with Crippen LogP contribution in [-0.4, -0.2) is 24.4 Å². The summed E-state index contributed by atoms with van der Waals surface area (Å²) in [5.41, 5.74) is 5.07. The summed E-state index contributed by atoms with van der Waals surface area (Å²) in [5.74, 6) is -0.296. The standard InChI is InChI=1S/C8H11BrN2OS/c1-11(5-8(10)12)4-7-6(9)2-3-13-7/h2-3H,4-5H2,1H3,(H2,10,12). The van der Waals surface area contributed by atoms with Crippen LogP contribution in [0.2, 0.25) is 0 Å². The van der Waals surface area contributed by atoms with E-state index in [1.54, 1.807) is 11.3 Å². The van der Waals surface area contributed by atoms with Gasteiger partial charge in [0, 0.05) is 15.9 Å². The van der Waals surface area contributed by atoms with Crippen LogP contribution < -0.4 is 5.73 Å². The summed E-state index contributed by atoms with van der Waals surface area (Å²) in [5, 5.41) is 2.01. The van der Waals surface area contributed by atoms with E-state index in [9.17, 15) is 4.79 Å². The fraction of sp³-hybridized carbons (Fsp3) is 0.375. The number of thiophene rings is 1. The largest absolute Gasteiger partial charge is 0.369 e. The highest BCUT2D eigenvalue weighted by molar-refractivity contribution is 9.10. The number of halogens is 1. The zero-order valence-electron chi connectivity index (χ0n) is 7.29. The molecule has 0 aliphatic carbocycles. The Labute approximate surface area is 89.7 Å². The monoisotopic (exact) mass is 262 g/mol. The Kier molecular flexibility index (Phi) is 3.90. The first-order valence-electron chi connectivity index (χ1n) is 3.78. The molecule has 3 nitrogen and oxygen atoms in total. The van der Waals surface area contributed by atoms with Gasteiger partial charge in [0.05, 0.1) is 6.54 Å². The minimum absolute atomic E-state index is 0.296. The Morgan fingerprint density at radius 1 is 1.77 bits per heavy atom. The molecule has 0 saturated heterocycles. The minimum Gasteiger partial charge on any atom is -0.369 e. The van der Waals surface area contributed by atoms with E-state index in [0.29, 0.717) is 6.54 Å². The van der Waals surface area contributed by atoms with E-state index < -0.39 is 0 Å². The summed E-state index contributed by atoms with van der Waals surface area (Å²) in [7, 11) is 1.87. The van der Waals surface area contributed by atoms with Gasteiger partial charge in [0.2, 0.25) is 5.91 Å². The molecule has 0 aliphatic rings. The van der Waals surface area contributed by atoms with Gasteiger partial charge in [-0.15, -0.1) is 11.3 Å². The first kappa shape index (κ1) is 10.7. The molecular weight excluding hydrogens is 252 g/mol. The molecule has 1 amide bonds. The van der Waals surface area contributed by atoms with E-state index in [1.807, 2.05) is 23.4 Å². The van der Waals surface area contributed by atoms with Crippen LogP contribution in [0.15, 0.2) is 15.9 Å². The highest BCUT2D eigenvalue weighted by atomic mass is 79.9. The van der Waals surface area contributed by atoms with E-state index in [1.165, 1.54) is 4.88 Å². The number of hydrogen-bond donors (Lipinski definition) is 1. The van der Waals surface area contributed by atoms with Crippen LogP contribution in [0, 0.1) is 0 Å². The Balaban J connectivity index is 2.49. The molecule has 72 valence electrons. The number of amides is 1. The summed E-state index contributed by atoms with van der Waals surface area (Å²) in [6.07, 6.45) is 0. The number of hydrogen-bond acceptors (Lipinski definition) is 3. The lowest BCUT2D eigenvalue weighted by Crippen LogP contribution is -2.30. The molecule has 0 spiro atoms. The number of nitrogens with zero attached hydrogens (tertiary/aromatic N) is 1. The molecule has 0 bridgehead atoms. The van der Waals surface area contributed by atoms with Gasteiger partial charge in [-0.2, -0.15) is 0 Å². The second-order valence-corrected chi connectivity index (χ2v) is 4.69. The molecule has 0 aliphatic heterocycles. The molecule has 1 aromatic heterocycles. The lowest BCUT2D eigenvalue weighted by molar-refractivity contribution is -0.118. The minimum atomic E-state index is -0.296. The van der Waals surface area contributed by atoms with Crippen molar-refractivity contribution >= 4 is 33.2 Å². The molecule has 0 saturated carbocycles. The summed E-state index contributed by atoms with van der Waals surface area (Å²) in [6.45, 7) is 1.05. The Morgan fingerprint density at radius 2 is 2.46 bits per heavy atom. The van der Waals surface area contributed by atoms with Crippen molar-refractivity contribution in [2.45, 2.75) is 6.54 Å². The summed E-state index contributed by atoms with van der Waals surface area (Å²) in [4.78, 5) is 13.7. The maximum Gasteiger partial charge on any atom is 0.231 e. The van der Waals surface area contributed by atoms with Gasteiger partial charge in [-0.05, 0) is 34.4 Å². The molecule has 0 radical (unpaired) electrons. The van der Waals surface area contributed by atoms with Crippen molar-refractivity contribution < 1.29 is 4.79 Å². The van der Waals surface area contributed by atoms with Crippen molar-refractivity contribution in [1.29, 1.82) is 0 Å². The Bertz CT molecular complexity index is 300. The highest BCUT2D eigenvalue weighted by Crippen LogP contribution is 2.23. The van der Waals surface area contributed by atoms with Crippen LogP contribution in [-0.2, 0) is 11.3 Å². The van der Waals surface area contributed by atoms with E-state index >= 15 is 0 Å². The fourth-order valence-electron chi connectivity index (χ4n) is 1.01. The van der Waals surface area contributed by atoms with Crippen molar-refractivity contribution in [3.05, 3.63) is 20.8 Å². The Hall–Kier alpha value is -0.390. The first-order valence-corrected chi connectivity index (χ1v) is 5.45. The average molecular weight is 263 g/mol. The zero-order chi connectivity index (χ0) is 9.84. The van der Waals surface area contributed by atoms with Gasteiger partial charge in [-0.1, -0.05) is 0 Å².